The fourth-order valence-electron chi connectivity index (χ4n) is 3.56. The molecule has 1 nitrogen and oxygen atoms in total. The number of aryl methyl sites for hydroxylation is 1. The van der Waals surface area contributed by atoms with Crippen molar-refractivity contribution in [2.24, 2.45) is 0 Å². The summed E-state index contributed by atoms with van der Waals surface area (Å²) in [5.41, 5.74) is 7.71. The third kappa shape index (κ3) is 3.41. The van der Waals surface area contributed by atoms with E-state index in [4.69, 9.17) is 0 Å². The second kappa shape index (κ2) is 7.11. The van der Waals surface area contributed by atoms with Gasteiger partial charge in [-0.3, -0.25) is 4.90 Å². The van der Waals surface area contributed by atoms with Gasteiger partial charge in [-0.25, -0.2) is 0 Å². The smallest absolute Gasteiger partial charge is 0.0240 e. The van der Waals surface area contributed by atoms with Crippen LogP contribution in [0.2, 0.25) is 0 Å². The maximum Gasteiger partial charge on any atom is 0.0240 e. The van der Waals surface area contributed by atoms with Crippen LogP contribution in [0.25, 0.3) is 0 Å². The van der Waals surface area contributed by atoms with Crippen LogP contribution in [-0.2, 0) is 25.9 Å². The van der Waals surface area contributed by atoms with E-state index in [1.165, 1.54) is 37.8 Å². The Morgan fingerprint density at radius 3 is 2.64 bits per heavy atom. The molecule has 1 aliphatic heterocycles. The minimum atomic E-state index is 1.07. The Balaban J connectivity index is 1.72. The molecule has 0 aliphatic carbocycles. The summed E-state index contributed by atoms with van der Waals surface area (Å²) in [5.74, 6) is 0. The summed E-state index contributed by atoms with van der Waals surface area (Å²) in [4.78, 5) is 2.57. The molecule has 0 spiro atoms. The summed E-state index contributed by atoms with van der Waals surface area (Å²) < 4.78 is 0. The predicted molar refractivity (Wildman–Crippen MR) is 94.1 cm³/mol. The molecule has 2 aromatic carbocycles. The lowest BCUT2D eigenvalue weighted by atomic mass is 9.90. The van der Waals surface area contributed by atoms with Gasteiger partial charge in [-0.15, -0.1) is 0 Å². The van der Waals surface area contributed by atoms with Gasteiger partial charge in [-0.2, -0.15) is 0 Å². The summed E-state index contributed by atoms with van der Waals surface area (Å²) in [5, 5.41) is 0. The summed E-state index contributed by atoms with van der Waals surface area (Å²) in [7, 11) is 0. The second-order valence-corrected chi connectivity index (χ2v) is 6.54. The van der Waals surface area contributed by atoms with E-state index in [0.29, 0.717) is 0 Å². The van der Waals surface area contributed by atoms with Gasteiger partial charge in [0.05, 0.1) is 0 Å². The molecule has 0 saturated heterocycles. The zero-order valence-corrected chi connectivity index (χ0v) is 13.9. The van der Waals surface area contributed by atoms with Crippen molar-refractivity contribution < 1.29 is 0 Å². The Morgan fingerprint density at radius 1 is 1.05 bits per heavy atom. The zero-order chi connectivity index (χ0) is 15.4. The van der Waals surface area contributed by atoms with Gasteiger partial charge in [0.1, 0.15) is 0 Å². The number of benzene rings is 2. The number of hydrogen-bond acceptors (Lipinski definition) is 1. The molecule has 1 heteroatoms. The molecule has 3 rings (SSSR count). The van der Waals surface area contributed by atoms with Crippen LogP contribution < -0.4 is 0 Å². The van der Waals surface area contributed by atoms with Gasteiger partial charge in [0.2, 0.25) is 0 Å². The fourth-order valence-corrected chi connectivity index (χ4v) is 3.56. The first-order valence-electron chi connectivity index (χ1n) is 8.64. The highest BCUT2D eigenvalue weighted by Gasteiger charge is 2.19. The van der Waals surface area contributed by atoms with Crippen LogP contribution in [0.1, 0.15) is 47.6 Å². The average molecular weight is 293 g/mol. The van der Waals surface area contributed by atoms with Crippen LogP contribution in [0.3, 0.4) is 0 Å². The summed E-state index contributed by atoms with van der Waals surface area (Å²) in [6.07, 6.45) is 5.03. The summed E-state index contributed by atoms with van der Waals surface area (Å²) in [6.45, 7) is 7.95. The second-order valence-electron chi connectivity index (χ2n) is 6.54. The number of rotatable bonds is 5. The average Bonchev–Trinajstić information content (AvgIpc) is 2.55. The molecule has 0 aromatic heterocycles. The minimum absolute atomic E-state index is 1.07. The van der Waals surface area contributed by atoms with Gasteiger partial charge in [-0.05, 0) is 54.0 Å². The first kappa shape index (κ1) is 15.3. The van der Waals surface area contributed by atoms with Crippen molar-refractivity contribution in [1.29, 1.82) is 0 Å². The normalized spacial score (nSPS) is 14.8. The van der Waals surface area contributed by atoms with Crippen molar-refractivity contribution in [3.05, 3.63) is 70.3 Å². The standard InChI is InChI=1S/C21H27N/c1-3-4-10-19-11-12-20-16-22(14-13-21(20)17(19)2)15-18-8-6-5-7-9-18/h5-9,11-12H,3-4,10,13-16H2,1-2H3. The molecule has 22 heavy (non-hydrogen) atoms. The van der Waals surface area contributed by atoms with Crippen LogP contribution in [0.4, 0.5) is 0 Å². The topological polar surface area (TPSA) is 3.24 Å². The van der Waals surface area contributed by atoms with Crippen LogP contribution in [-0.4, -0.2) is 11.4 Å². The minimum Gasteiger partial charge on any atom is -0.294 e. The quantitative estimate of drug-likeness (QED) is 0.758. The first-order chi connectivity index (χ1) is 10.8. The van der Waals surface area contributed by atoms with Crippen LogP contribution in [0, 0.1) is 6.92 Å². The van der Waals surface area contributed by atoms with E-state index in [9.17, 15) is 0 Å². The number of nitrogens with zero attached hydrogens (tertiary/aromatic N) is 1. The lowest BCUT2D eigenvalue weighted by Gasteiger charge is -2.30. The lowest BCUT2D eigenvalue weighted by molar-refractivity contribution is 0.245. The van der Waals surface area contributed by atoms with Crippen LogP contribution >= 0.6 is 0 Å². The molecule has 116 valence electrons. The molecule has 0 amide bonds. The Bertz CT molecular complexity index is 615. The van der Waals surface area contributed by atoms with E-state index in [0.717, 1.165) is 13.1 Å². The summed E-state index contributed by atoms with van der Waals surface area (Å²) >= 11 is 0. The van der Waals surface area contributed by atoms with Crippen LogP contribution in [0.5, 0.6) is 0 Å². The van der Waals surface area contributed by atoms with Gasteiger partial charge in [-0.1, -0.05) is 55.8 Å². The molecule has 0 atom stereocenters. The molecule has 0 saturated carbocycles. The Morgan fingerprint density at radius 2 is 1.86 bits per heavy atom. The van der Waals surface area contributed by atoms with Gasteiger partial charge < -0.3 is 0 Å². The Labute approximate surface area is 135 Å². The maximum atomic E-state index is 2.57. The Hall–Kier alpha value is -1.60. The third-order valence-electron chi connectivity index (χ3n) is 4.93. The molecule has 0 N–H and O–H groups in total. The van der Waals surface area contributed by atoms with Crippen molar-refractivity contribution in [1.82, 2.24) is 4.90 Å². The Kier molecular flexibility index (Phi) is 4.94. The maximum absolute atomic E-state index is 2.57. The SMILES string of the molecule is CCCCc1ccc2c(c1C)CCN(Cc1ccccc1)C2. The molecule has 1 heterocycles. The lowest BCUT2D eigenvalue weighted by Crippen LogP contribution is -2.30. The van der Waals surface area contributed by atoms with E-state index in [1.54, 1.807) is 22.3 Å². The highest BCUT2D eigenvalue weighted by molar-refractivity contribution is 5.42. The highest BCUT2D eigenvalue weighted by atomic mass is 15.1. The molecule has 0 unspecified atom stereocenters. The van der Waals surface area contributed by atoms with E-state index >= 15 is 0 Å². The van der Waals surface area contributed by atoms with E-state index < -0.39 is 0 Å². The zero-order valence-electron chi connectivity index (χ0n) is 13.9. The van der Waals surface area contributed by atoms with Gasteiger partial charge in [0.15, 0.2) is 0 Å². The number of fused-ring (bicyclic) bond motifs is 1. The van der Waals surface area contributed by atoms with Crippen molar-refractivity contribution >= 4 is 0 Å². The van der Waals surface area contributed by atoms with E-state index in [1.807, 2.05) is 0 Å². The van der Waals surface area contributed by atoms with E-state index in [-0.39, 0.29) is 0 Å². The third-order valence-corrected chi connectivity index (χ3v) is 4.93. The molecule has 0 fully saturated rings. The molecule has 2 aromatic rings. The van der Waals surface area contributed by atoms with Gasteiger partial charge in [0, 0.05) is 19.6 Å². The molecular weight excluding hydrogens is 266 g/mol. The molecule has 0 bridgehead atoms. The highest BCUT2D eigenvalue weighted by Crippen LogP contribution is 2.26. The van der Waals surface area contributed by atoms with Crippen LogP contribution in [0.15, 0.2) is 42.5 Å². The number of unbranched alkanes of at least 4 members (excludes halogenated alkanes) is 1. The first-order valence-corrected chi connectivity index (χ1v) is 8.64. The van der Waals surface area contributed by atoms with Crippen molar-refractivity contribution in [2.75, 3.05) is 6.54 Å². The largest absolute Gasteiger partial charge is 0.294 e. The van der Waals surface area contributed by atoms with Gasteiger partial charge in [0.25, 0.3) is 0 Å². The molecular formula is C21H27N. The van der Waals surface area contributed by atoms with Crippen molar-refractivity contribution in [3.8, 4) is 0 Å². The predicted octanol–water partition coefficient (Wildman–Crippen LogP) is 4.90. The van der Waals surface area contributed by atoms with Crippen molar-refractivity contribution in [3.63, 3.8) is 0 Å². The van der Waals surface area contributed by atoms with Crippen molar-refractivity contribution in [2.45, 2.75) is 52.6 Å². The monoisotopic (exact) mass is 293 g/mol. The number of hydrogen-bond donors (Lipinski definition) is 0. The van der Waals surface area contributed by atoms with Gasteiger partial charge >= 0.3 is 0 Å². The molecule has 0 radical (unpaired) electrons. The fraction of sp³-hybridized carbons (Fsp3) is 0.429. The molecule has 1 aliphatic rings. The summed E-state index contributed by atoms with van der Waals surface area (Å²) in [6, 6.07) is 15.6. The van der Waals surface area contributed by atoms with E-state index in [2.05, 4.69) is 61.2 Å².